The third kappa shape index (κ3) is 2.73. The molecule has 0 saturated heterocycles. The molecular formula is C16H18N4O. The predicted molar refractivity (Wildman–Crippen MR) is 83.8 cm³/mol. The van der Waals surface area contributed by atoms with Crippen molar-refractivity contribution in [3.8, 4) is 5.69 Å². The molecule has 0 aliphatic rings. The molecule has 5 heteroatoms. The van der Waals surface area contributed by atoms with E-state index in [2.05, 4.69) is 38.9 Å². The fourth-order valence-corrected chi connectivity index (χ4v) is 2.43. The fraction of sp³-hybridized carbons (Fsp3) is 0.250. The van der Waals surface area contributed by atoms with Crippen molar-refractivity contribution in [2.75, 3.05) is 19.0 Å². The van der Waals surface area contributed by atoms with Gasteiger partial charge in [0.05, 0.1) is 12.3 Å². The van der Waals surface area contributed by atoms with Gasteiger partial charge in [-0.05, 0) is 19.1 Å². The number of ether oxygens (including phenoxy) is 1. The van der Waals surface area contributed by atoms with E-state index in [4.69, 9.17) is 4.74 Å². The van der Waals surface area contributed by atoms with E-state index in [-0.39, 0.29) is 6.04 Å². The summed E-state index contributed by atoms with van der Waals surface area (Å²) in [6.45, 7) is 2.70. The Labute approximate surface area is 123 Å². The van der Waals surface area contributed by atoms with E-state index in [1.165, 1.54) is 0 Å². The van der Waals surface area contributed by atoms with E-state index in [1.807, 2.05) is 30.7 Å². The van der Waals surface area contributed by atoms with E-state index in [9.17, 15) is 0 Å². The first-order valence-electron chi connectivity index (χ1n) is 6.91. The Bertz CT molecular complexity index is 732. The van der Waals surface area contributed by atoms with E-state index in [0.29, 0.717) is 6.61 Å². The highest BCUT2D eigenvalue weighted by Crippen LogP contribution is 2.24. The van der Waals surface area contributed by atoms with E-state index in [1.54, 1.807) is 13.3 Å². The van der Waals surface area contributed by atoms with Gasteiger partial charge in [0.15, 0.2) is 0 Å². The third-order valence-electron chi connectivity index (χ3n) is 3.35. The van der Waals surface area contributed by atoms with Crippen LogP contribution < -0.4 is 5.32 Å². The highest BCUT2D eigenvalue weighted by Gasteiger charge is 2.10. The number of benzene rings is 1. The predicted octanol–water partition coefficient (Wildman–Crippen LogP) is 2.87. The van der Waals surface area contributed by atoms with Crippen molar-refractivity contribution in [2.45, 2.75) is 13.0 Å². The molecule has 5 nitrogen and oxygen atoms in total. The molecule has 2 aromatic heterocycles. The second kappa shape index (κ2) is 5.93. The van der Waals surface area contributed by atoms with Crippen molar-refractivity contribution in [3.05, 3.63) is 49.1 Å². The molecule has 1 unspecified atom stereocenters. The number of nitrogens with zero attached hydrogens (tertiary/aromatic N) is 3. The van der Waals surface area contributed by atoms with Gasteiger partial charge in [-0.25, -0.2) is 4.98 Å². The lowest BCUT2D eigenvalue weighted by Gasteiger charge is -2.16. The first-order chi connectivity index (χ1) is 10.3. The molecule has 0 fully saturated rings. The van der Waals surface area contributed by atoms with Crippen molar-refractivity contribution in [1.82, 2.24) is 14.5 Å². The molecule has 2 heterocycles. The number of rotatable bonds is 5. The normalized spacial score (nSPS) is 12.5. The van der Waals surface area contributed by atoms with Crippen LogP contribution in [-0.4, -0.2) is 34.3 Å². The Hall–Kier alpha value is -2.40. The molecule has 0 radical (unpaired) electrons. The summed E-state index contributed by atoms with van der Waals surface area (Å²) in [5.74, 6) is 0.809. The van der Waals surface area contributed by atoms with Crippen LogP contribution in [0.1, 0.15) is 6.92 Å². The van der Waals surface area contributed by atoms with Crippen molar-refractivity contribution in [1.29, 1.82) is 0 Å². The molecule has 0 saturated carbocycles. The maximum atomic E-state index is 5.16. The van der Waals surface area contributed by atoms with Crippen LogP contribution in [0.25, 0.3) is 16.5 Å². The topological polar surface area (TPSA) is 52.0 Å². The number of methoxy groups -OCH3 is 1. The quantitative estimate of drug-likeness (QED) is 0.782. The number of hydrogen-bond donors (Lipinski definition) is 1. The smallest absolute Gasteiger partial charge is 0.207 e. The van der Waals surface area contributed by atoms with Gasteiger partial charge in [0, 0.05) is 48.7 Å². The zero-order chi connectivity index (χ0) is 14.7. The van der Waals surface area contributed by atoms with Crippen LogP contribution in [-0.2, 0) is 4.74 Å². The minimum Gasteiger partial charge on any atom is -0.383 e. The molecule has 0 aliphatic heterocycles. The molecule has 108 valence electrons. The number of hydrogen-bond acceptors (Lipinski definition) is 4. The lowest BCUT2D eigenvalue weighted by molar-refractivity contribution is 0.190. The summed E-state index contributed by atoms with van der Waals surface area (Å²) in [5.41, 5.74) is 1.08. The molecule has 1 atom stereocenters. The maximum Gasteiger partial charge on any atom is 0.207 e. The van der Waals surface area contributed by atoms with Gasteiger partial charge in [-0.2, -0.15) is 0 Å². The van der Waals surface area contributed by atoms with E-state index < -0.39 is 0 Å². The van der Waals surface area contributed by atoms with Crippen molar-refractivity contribution in [2.24, 2.45) is 0 Å². The van der Waals surface area contributed by atoms with Crippen molar-refractivity contribution >= 4 is 16.7 Å². The SMILES string of the molecule is COCC(C)Nc1nccn1-c1cccc2cnccc12. The molecule has 1 aromatic carbocycles. The van der Waals surface area contributed by atoms with Gasteiger partial charge in [0.25, 0.3) is 0 Å². The second-order valence-corrected chi connectivity index (χ2v) is 5.00. The Morgan fingerprint density at radius 2 is 2.19 bits per heavy atom. The lowest BCUT2D eigenvalue weighted by Crippen LogP contribution is -2.22. The minimum atomic E-state index is 0.188. The van der Waals surface area contributed by atoms with Crippen molar-refractivity contribution < 1.29 is 4.74 Å². The molecule has 0 spiro atoms. The number of pyridine rings is 1. The molecule has 0 aliphatic carbocycles. The largest absolute Gasteiger partial charge is 0.383 e. The number of imidazole rings is 1. The lowest BCUT2D eigenvalue weighted by atomic mass is 10.1. The number of nitrogens with one attached hydrogen (secondary N) is 1. The summed E-state index contributed by atoms with van der Waals surface area (Å²) in [6, 6.07) is 8.38. The Kier molecular flexibility index (Phi) is 3.83. The summed E-state index contributed by atoms with van der Waals surface area (Å²) < 4.78 is 7.21. The average molecular weight is 282 g/mol. The fourth-order valence-electron chi connectivity index (χ4n) is 2.43. The summed E-state index contributed by atoms with van der Waals surface area (Å²) >= 11 is 0. The molecule has 1 N–H and O–H groups in total. The summed E-state index contributed by atoms with van der Waals surface area (Å²) in [6.07, 6.45) is 7.43. The summed E-state index contributed by atoms with van der Waals surface area (Å²) in [5, 5.41) is 5.62. The molecule has 21 heavy (non-hydrogen) atoms. The van der Waals surface area contributed by atoms with Crippen LogP contribution in [0.15, 0.2) is 49.1 Å². The number of fused-ring (bicyclic) bond motifs is 1. The summed E-state index contributed by atoms with van der Waals surface area (Å²) in [4.78, 5) is 8.58. The second-order valence-electron chi connectivity index (χ2n) is 5.00. The van der Waals surface area contributed by atoms with Gasteiger partial charge in [-0.1, -0.05) is 12.1 Å². The number of aromatic nitrogens is 3. The van der Waals surface area contributed by atoms with Crippen LogP contribution >= 0.6 is 0 Å². The summed E-state index contributed by atoms with van der Waals surface area (Å²) in [7, 11) is 1.70. The molecule has 0 amide bonds. The Morgan fingerprint density at radius 3 is 3.05 bits per heavy atom. The first-order valence-corrected chi connectivity index (χ1v) is 6.91. The van der Waals surface area contributed by atoms with Crippen LogP contribution in [0, 0.1) is 0 Å². The number of anilines is 1. The van der Waals surface area contributed by atoms with Crippen LogP contribution in [0.3, 0.4) is 0 Å². The zero-order valence-electron chi connectivity index (χ0n) is 12.2. The Balaban J connectivity index is 2.02. The standard InChI is InChI=1S/C16H18N4O/c1-12(11-21-2)19-16-18-8-9-20(16)15-5-3-4-13-10-17-7-6-14(13)15/h3-10,12H,11H2,1-2H3,(H,18,19). The van der Waals surface area contributed by atoms with Gasteiger partial charge in [-0.3, -0.25) is 9.55 Å². The molecular weight excluding hydrogens is 264 g/mol. The Morgan fingerprint density at radius 1 is 1.29 bits per heavy atom. The van der Waals surface area contributed by atoms with Gasteiger partial charge in [0.1, 0.15) is 0 Å². The highest BCUT2D eigenvalue weighted by atomic mass is 16.5. The third-order valence-corrected chi connectivity index (χ3v) is 3.35. The van der Waals surface area contributed by atoms with Crippen LogP contribution in [0.5, 0.6) is 0 Å². The monoisotopic (exact) mass is 282 g/mol. The minimum absolute atomic E-state index is 0.188. The molecule has 3 aromatic rings. The highest BCUT2D eigenvalue weighted by molar-refractivity contribution is 5.89. The molecule has 0 bridgehead atoms. The van der Waals surface area contributed by atoms with Gasteiger partial charge < -0.3 is 10.1 Å². The van der Waals surface area contributed by atoms with Crippen LogP contribution in [0.4, 0.5) is 5.95 Å². The zero-order valence-corrected chi connectivity index (χ0v) is 12.2. The van der Waals surface area contributed by atoms with Crippen LogP contribution in [0.2, 0.25) is 0 Å². The van der Waals surface area contributed by atoms with Gasteiger partial charge >= 0.3 is 0 Å². The maximum absolute atomic E-state index is 5.16. The first kappa shape index (κ1) is 13.6. The average Bonchev–Trinajstić information content (AvgIpc) is 2.95. The van der Waals surface area contributed by atoms with Crippen molar-refractivity contribution in [3.63, 3.8) is 0 Å². The van der Waals surface area contributed by atoms with Gasteiger partial charge in [-0.15, -0.1) is 0 Å². The van der Waals surface area contributed by atoms with E-state index in [0.717, 1.165) is 22.4 Å². The molecule has 3 rings (SSSR count). The van der Waals surface area contributed by atoms with Gasteiger partial charge in [0.2, 0.25) is 5.95 Å². The van der Waals surface area contributed by atoms with E-state index >= 15 is 0 Å².